The Kier molecular flexibility index (Phi) is 4.91. The van der Waals surface area contributed by atoms with Crippen LogP contribution < -0.4 is 10.1 Å². The van der Waals surface area contributed by atoms with Crippen molar-refractivity contribution in [2.75, 3.05) is 18.5 Å². The smallest absolute Gasteiger partial charge is 0.123 e. The summed E-state index contributed by atoms with van der Waals surface area (Å²) in [5.41, 5.74) is 2.75. The molecule has 0 aliphatic rings. The minimum Gasteiger partial charge on any atom is -0.491 e. The molecule has 0 amide bonds. The van der Waals surface area contributed by atoms with Crippen molar-refractivity contribution >= 4 is 16.6 Å². The Morgan fingerprint density at radius 3 is 2.71 bits per heavy atom. The number of aliphatic hydroxyl groups is 1. The molecule has 0 bridgehead atoms. The summed E-state index contributed by atoms with van der Waals surface area (Å²) in [4.78, 5) is 4.49. The van der Waals surface area contributed by atoms with Crippen LogP contribution in [-0.4, -0.2) is 29.3 Å². The molecule has 2 aromatic carbocycles. The van der Waals surface area contributed by atoms with Gasteiger partial charge in [-0.15, -0.1) is 0 Å². The fourth-order valence-corrected chi connectivity index (χ4v) is 2.46. The Bertz CT molecular complexity index is 821. The number of para-hydroxylation sites is 1. The zero-order valence-electron chi connectivity index (χ0n) is 13.4. The minimum absolute atomic E-state index is 0.126. The summed E-state index contributed by atoms with van der Waals surface area (Å²) in [6, 6.07) is 15.5. The SMILES string of the molecule is Cc1cc(NCC(O)COc2ccc(F)cc2)c2ccccc2n1. The summed E-state index contributed by atoms with van der Waals surface area (Å²) in [5, 5.41) is 14.3. The standard InChI is InChI=1S/C19H19FN2O2/c1-13-10-19(17-4-2-3-5-18(17)22-13)21-11-15(23)12-24-16-8-6-14(20)7-9-16/h2-10,15,23H,11-12H2,1H3,(H,21,22). The van der Waals surface area contributed by atoms with Crippen LogP contribution in [0.3, 0.4) is 0 Å². The third-order valence-electron chi connectivity index (χ3n) is 3.63. The average Bonchev–Trinajstić information content (AvgIpc) is 2.59. The molecule has 1 atom stereocenters. The van der Waals surface area contributed by atoms with Crippen molar-refractivity contribution in [2.45, 2.75) is 13.0 Å². The molecule has 0 spiro atoms. The summed E-state index contributed by atoms with van der Waals surface area (Å²) in [6.07, 6.45) is -0.692. The van der Waals surface area contributed by atoms with E-state index in [0.717, 1.165) is 22.3 Å². The lowest BCUT2D eigenvalue weighted by molar-refractivity contribution is 0.117. The molecule has 5 heteroatoms. The maximum Gasteiger partial charge on any atom is 0.123 e. The first-order valence-electron chi connectivity index (χ1n) is 7.78. The molecule has 1 unspecified atom stereocenters. The van der Waals surface area contributed by atoms with E-state index in [1.807, 2.05) is 37.3 Å². The van der Waals surface area contributed by atoms with Crippen LogP contribution in [0.25, 0.3) is 10.9 Å². The molecule has 124 valence electrons. The fraction of sp³-hybridized carbons (Fsp3) is 0.211. The average molecular weight is 326 g/mol. The summed E-state index contributed by atoms with van der Waals surface area (Å²) >= 11 is 0. The molecule has 4 nitrogen and oxygen atoms in total. The van der Waals surface area contributed by atoms with Gasteiger partial charge in [0.2, 0.25) is 0 Å². The normalized spacial score (nSPS) is 12.1. The molecule has 0 fully saturated rings. The number of ether oxygens (including phenoxy) is 1. The van der Waals surface area contributed by atoms with Crippen molar-refractivity contribution in [3.8, 4) is 5.75 Å². The predicted octanol–water partition coefficient (Wildman–Crippen LogP) is 3.53. The summed E-state index contributed by atoms with van der Waals surface area (Å²) < 4.78 is 18.3. The lowest BCUT2D eigenvalue weighted by Gasteiger charge is -2.15. The van der Waals surface area contributed by atoms with E-state index in [1.165, 1.54) is 24.3 Å². The van der Waals surface area contributed by atoms with E-state index in [4.69, 9.17) is 4.74 Å². The van der Waals surface area contributed by atoms with Gasteiger partial charge in [0.1, 0.15) is 24.3 Å². The molecule has 0 saturated heterocycles. The zero-order valence-corrected chi connectivity index (χ0v) is 13.4. The molecule has 0 saturated carbocycles. The quantitative estimate of drug-likeness (QED) is 0.727. The summed E-state index contributed by atoms with van der Waals surface area (Å²) in [5.74, 6) is 0.213. The van der Waals surface area contributed by atoms with Crippen LogP contribution in [0.1, 0.15) is 5.69 Å². The van der Waals surface area contributed by atoms with Gasteiger partial charge in [0.15, 0.2) is 0 Å². The lowest BCUT2D eigenvalue weighted by Crippen LogP contribution is -2.26. The van der Waals surface area contributed by atoms with Crippen LogP contribution in [0.5, 0.6) is 5.75 Å². The number of aryl methyl sites for hydroxylation is 1. The van der Waals surface area contributed by atoms with E-state index < -0.39 is 6.10 Å². The largest absolute Gasteiger partial charge is 0.491 e. The van der Waals surface area contributed by atoms with E-state index in [9.17, 15) is 9.50 Å². The first-order valence-corrected chi connectivity index (χ1v) is 7.78. The molecule has 1 aromatic heterocycles. The molecule has 3 rings (SSSR count). The van der Waals surface area contributed by atoms with Gasteiger partial charge < -0.3 is 15.2 Å². The van der Waals surface area contributed by atoms with E-state index in [0.29, 0.717) is 12.3 Å². The molecule has 0 radical (unpaired) electrons. The molecule has 0 aliphatic carbocycles. The number of rotatable bonds is 6. The van der Waals surface area contributed by atoms with Gasteiger partial charge in [-0.25, -0.2) is 4.39 Å². The van der Waals surface area contributed by atoms with Crippen molar-refractivity contribution < 1.29 is 14.2 Å². The molecule has 24 heavy (non-hydrogen) atoms. The second-order valence-corrected chi connectivity index (χ2v) is 5.63. The van der Waals surface area contributed by atoms with Crippen molar-refractivity contribution in [3.63, 3.8) is 0 Å². The number of nitrogens with one attached hydrogen (secondary N) is 1. The first kappa shape index (κ1) is 16.2. The number of aliphatic hydroxyl groups excluding tert-OH is 1. The predicted molar refractivity (Wildman–Crippen MR) is 92.9 cm³/mol. The highest BCUT2D eigenvalue weighted by Gasteiger charge is 2.08. The van der Waals surface area contributed by atoms with Gasteiger partial charge in [0.05, 0.1) is 5.52 Å². The highest BCUT2D eigenvalue weighted by atomic mass is 19.1. The first-order chi connectivity index (χ1) is 11.6. The number of fused-ring (bicyclic) bond motifs is 1. The van der Waals surface area contributed by atoms with Crippen molar-refractivity contribution in [3.05, 3.63) is 66.1 Å². The van der Waals surface area contributed by atoms with Gasteiger partial charge in [-0.3, -0.25) is 4.98 Å². The van der Waals surface area contributed by atoms with Gasteiger partial charge in [-0.1, -0.05) is 18.2 Å². The van der Waals surface area contributed by atoms with E-state index in [2.05, 4.69) is 10.3 Å². The second-order valence-electron chi connectivity index (χ2n) is 5.63. The van der Waals surface area contributed by atoms with Crippen LogP contribution in [0.2, 0.25) is 0 Å². The molecule has 0 aliphatic heterocycles. The van der Waals surface area contributed by atoms with E-state index in [1.54, 1.807) is 0 Å². The highest BCUT2D eigenvalue weighted by Crippen LogP contribution is 2.22. The van der Waals surface area contributed by atoms with Crippen LogP contribution >= 0.6 is 0 Å². The lowest BCUT2D eigenvalue weighted by atomic mass is 10.1. The van der Waals surface area contributed by atoms with Gasteiger partial charge in [-0.2, -0.15) is 0 Å². The number of hydrogen-bond acceptors (Lipinski definition) is 4. The van der Waals surface area contributed by atoms with Crippen molar-refractivity contribution in [1.29, 1.82) is 0 Å². The molecule has 2 N–H and O–H groups in total. The van der Waals surface area contributed by atoms with Crippen LogP contribution in [0.4, 0.5) is 10.1 Å². The number of hydrogen-bond donors (Lipinski definition) is 2. The van der Waals surface area contributed by atoms with Crippen LogP contribution in [0, 0.1) is 12.7 Å². The molecule has 1 heterocycles. The summed E-state index contributed by atoms with van der Waals surface area (Å²) in [6.45, 7) is 2.40. The van der Waals surface area contributed by atoms with Crippen molar-refractivity contribution in [2.24, 2.45) is 0 Å². The Morgan fingerprint density at radius 1 is 1.17 bits per heavy atom. The molecular formula is C19H19FN2O2. The van der Waals surface area contributed by atoms with Crippen LogP contribution in [-0.2, 0) is 0 Å². The van der Waals surface area contributed by atoms with Gasteiger partial charge in [-0.05, 0) is 43.3 Å². The van der Waals surface area contributed by atoms with Crippen LogP contribution in [0.15, 0.2) is 54.6 Å². The Morgan fingerprint density at radius 2 is 1.92 bits per heavy atom. The number of halogens is 1. The van der Waals surface area contributed by atoms with E-state index in [-0.39, 0.29) is 12.4 Å². The molecule has 3 aromatic rings. The fourth-order valence-electron chi connectivity index (χ4n) is 2.46. The number of pyridine rings is 1. The number of benzene rings is 2. The van der Waals surface area contributed by atoms with Crippen molar-refractivity contribution in [1.82, 2.24) is 4.98 Å². The summed E-state index contributed by atoms with van der Waals surface area (Å²) in [7, 11) is 0. The third kappa shape index (κ3) is 4.00. The second kappa shape index (κ2) is 7.27. The Hall–Kier alpha value is -2.66. The minimum atomic E-state index is -0.692. The zero-order chi connectivity index (χ0) is 16.9. The topological polar surface area (TPSA) is 54.4 Å². The third-order valence-corrected chi connectivity index (χ3v) is 3.63. The van der Waals surface area contributed by atoms with E-state index >= 15 is 0 Å². The monoisotopic (exact) mass is 326 g/mol. The van der Waals surface area contributed by atoms with Gasteiger partial charge in [0, 0.05) is 23.3 Å². The number of anilines is 1. The Labute approximate surface area is 139 Å². The Balaban J connectivity index is 1.60. The maximum absolute atomic E-state index is 12.8. The van der Waals surface area contributed by atoms with Gasteiger partial charge in [0.25, 0.3) is 0 Å². The maximum atomic E-state index is 12.8. The highest BCUT2D eigenvalue weighted by molar-refractivity contribution is 5.91. The number of nitrogens with zero attached hydrogens (tertiary/aromatic N) is 1. The van der Waals surface area contributed by atoms with Gasteiger partial charge >= 0.3 is 0 Å². The molecular weight excluding hydrogens is 307 g/mol. The number of aromatic nitrogens is 1.